The summed E-state index contributed by atoms with van der Waals surface area (Å²) < 4.78 is 45.3. The number of amides is 5. The van der Waals surface area contributed by atoms with Gasteiger partial charge in [0.05, 0.1) is 36.7 Å². The summed E-state index contributed by atoms with van der Waals surface area (Å²) >= 11 is 0. The van der Waals surface area contributed by atoms with Crippen molar-refractivity contribution in [3.8, 4) is 22.8 Å². The number of fused-ring (bicyclic) bond motifs is 1. The number of nitrogens with one attached hydrogen (secondary N) is 3. The largest absolute Gasteiger partial charge is 0.497 e. The minimum Gasteiger partial charge on any atom is -0.497 e. The van der Waals surface area contributed by atoms with E-state index in [1.807, 2.05) is 30.3 Å². The Hall–Kier alpha value is -5.97. The van der Waals surface area contributed by atoms with Crippen molar-refractivity contribution in [3.63, 3.8) is 0 Å². The van der Waals surface area contributed by atoms with Crippen molar-refractivity contribution < 1.29 is 46.6 Å². The number of carbonyl (C=O) groups excluding carboxylic acids is 5. The SMILES string of the molecule is C=CC(=O)N(C)C[C@H](NC(=O)OC(C)(C)C)C(=O)N1CC(Oc2cc(-c3ccccc3)nc3cc(OC)ccc23)C[C@H]1C(=O)N[C@]1(C(=O)NS(=O)(=O)C2CC2)C[C@H]1C=C. The van der Waals surface area contributed by atoms with Gasteiger partial charge in [0.1, 0.15) is 40.8 Å². The standard InChI is InChI=1S/C42H50N6O10S/c1-8-26-22-42(26,39(52)46-59(54,55)29-16-17-29)45-37(50)34-20-28(23-48(34)38(51)33(24-47(6)36(49)9-2)44-40(53)58-41(3,4)5)57-35-21-31(25-13-11-10-12-14-25)43-32-19-27(56-7)15-18-30(32)35/h8-15,18-19,21,26,28-29,33-34H,1-2,16-17,20,22-24H2,3-7H3,(H,44,53)(H,45,50)(H,46,52)/t26-,28?,33+,34+,42-/m1/s1. The molecule has 2 saturated carbocycles. The van der Waals surface area contributed by atoms with Gasteiger partial charge in [-0.2, -0.15) is 0 Å². The number of nitrogens with zero attached hydrogens (tertiary/aromatic N) is 3. The van der Waals surface area contributed by atoms with E-state index in [1.165, 1.54) is 22.9 Å². The molecule has 1 saturated heterocycles. The Labute approximate surface area is 343 Å². The van der Waals surface area contributed by atoms with Gasteiger partial charge in [0.25, 0.3) is 5.91 Å². The van der Waals surface area contributed by atoms with E-state index < -0.39 is 80.2 Å². The summed E-state index contributed by atoms with van der Waals surface area (Å²) in [4.78, 5) is 75.8. The highest BCUT2D eigenvalue weighted by molar-refractivity contribution is 7.91. The zero-order valence-electron chi connectivity index (χ0n) is 33.7. The molecule has 5 amide bonds. The minimum absolute atomic E-state index is 0.0738. The number of likely N-dealkylation sites (N-methyl/N-ethyl adjacent to an activating group) is 1. The lowest BCUT2D eigenvalue weighted by Crippen LogP contribution is -2.60. The van der Waals surface area contributed by atoms with Crippen LogP contribution in [-0.2, 0) is 33.9 Å². The Morgan fingerprint density at radius 2 is 1.78 bits per heavy atom. The van der Waals surface area contributed by atoms with Gasteiger partial charge in [0.2, 0.25) is 27.7 Å². The third-order valence-electron chi connectivity index (χ3n) is 10.4. The second-order valence-corrected chi connectivity index (χ2v) is 18.0. The van der Waals surface area contributed by atoms with Crippen LogP contribution in [0.3, 0.4) is 0 Å². The van der Waals surface area contributed by atoms with Crippen LogP contribution in [0.5, 0.6) is 11.5 Å². The van der Waals surface area contributed by atoms with Gasteiger partial charge in [-0.25, -0.2) is 18.2 Å². The molecular formula is C42H50N6O10S. The third kappa shape index (κ3) is 9.67. The van der Waals surface area contributed by atoms with Crippen LogP contribution >= 0.6 is 0 Å². The van der Waals surface area contributed by atoms with Crippen LogP contribution in [0.1, 0.15) is 46.5 Å². The van der Waals surface area contributed by atoms with E-state index in [-0.39, 0.29) is 25.9 Å². The van der Waals surface area contributed by atoms with Gasteiger partial charge in [0, 0.05) is 42.5 Å². The van der Waals surface area contributed by atoms with E-state index in [4.69, 9.17) is 19.2 Å². The quantitative estimate of drug-likeness (QED) is 0.150. The van der Waals surface area contributed by atoms with Crippen molar-refractivity contribution in [1.82, 2.24) is 30.1 Å². The second-order valence-electron chi connectivity index (χ2n) is 16.0. The summed E-state index contributed by atoms with van der Waals surface area (Å²) in [6, 6.07) is 13.8. The van der Waals surface area contributed by atoms with Gasteiger partial charge in [0.15, 0.2) is 0 Å². The fourth-order valence-electron chi connectivity index (χ4n) is 7.09. The van der Waals surface area contributed by atoms with E-state index >= 15 is 0 Å². The number of methoxy groups -OCH3 is 1. The Morgan fingerprint density at radius 1 is 1.07 bits per heavy atom. The lowest BCUT2D eigenvalue weighted by atomic mass is 10.1. The molecule has 17 heteroatoms. The smallest absolute Gasteiger partial charge is 0.408 e. The molecule has 3 aromatic rings. The molecule has 314 valence electrons. The first-order valence-electron chi connectivity index (χ1n) is 19.3. The Morgan fingerprint density at radius 3 is 2.39 bits per heavy atom. The van der Waals surface area contributed by atoms with E-state index in [0.717, 1.165) is 11.6 Å². The number of rotatable bonds is 15. The lowest BCUT2D eigenvalue weighted by Gasteiger charge is -2.31. The number of hydrogen-bond donors (Lipinski definition) is 3. The summed E-state index contributed by atoms with van der Waals surface area (Å²) in [7, 11) is -0.989. The van der Waals surface area contributed by atoms with Crippen LogP contribution < -0.4 is 24.8 Å². The second kappa shape index (κ2) is 16.7. The number of likely N-dealkylation sites (tertiary alicyclic amines) is 1. The van der Waals surface area contributed by atoms with Crippen molar-refractivity contribution in [2.45, 2.75) is 81.0 Å². The van der Waals surface area contributed by atoms with Crippen molar-refractivity contribution in [2.75, 3.05) is 27.2 Å². The van der Waals surface area contributed by atoms with Gasteiger partial charge in [-0.15, -0.1) is 6.58 Å². The van der Waals surface area contributed by atoms with Crippen molar-refractivity contribution in [1.29, 1.82) is 0 Å². The number of ether oxygens (including phenoxy) is 3. The van der Waals surface area contributed by atoms with Crippen LogP contribution in [0.25, 0.3) is 22.2 Å². The molecule has 0 bridgehead atoms. The summed E-state index contributed by atoms with van der Waals surface area (Å²) in [5.74, 6) is -2.54. The highest BCUT2D eigenvalue weighted by Gasteiger charge is 2.62. The summed E-state index contributed by atoms with van der Waals surface area (Å²) in [6.45, 7) is 11.7. The average molecular weight is 831 g/mol. The van der Waals surface area contributed by atoms with E-state index in [2.05, 4.69) is 28.5 Å². The Kier molecular flexibility index (Phi) is 12.1. The predicted molar refractivity (Wildman–Crippen MR) is 219 cm³/mol. The molecule has 1 unspecified atom stereocenters. The summed E-state index contributed by atoms with van der Waals surface area (Å²) in [5.41, 5.74) is -0.596. The Bertz CT molecular complexity index is 2280. The van der Waals surface area contributed by atoms with Crippen LogP contribution in [0, 0.1) is 5.92 Å². The molecule has 59 heavy (non-hydrogen) atoms. The average Bonchev–Trinajstić information content (AvgIpc) is 4.13. The molecule has 16 nitrogen and oxygen atoms in total. The van der Waals surface area contributed by atoms with Crippen LogP contribution in [0.4, 0.5) is 4.79 Å². The molecule has 5 atom stereocenters. The maximum atomic E-state index is 14.7. The molecule has 0 spiro atoms. The van der Waals surface area contributed by atoms with Crippen LogP contribution in [0.15, 0.2) is 79.9 Å². The number of carbonyl (C=O) groups is 5. The monoisotopic (exact) mass is 830 g/mol. The maximum Gasteiger partial charge on any atom is 0.408 e. The normalized spacial score (nSPS) is 21.7. The van der Waals surface area contributed by atoms with E-state index in [0.29, 0.717) is 40.9 Å². The summed E-state index contributed by atoms with van der Waals surface area (Å²) in [5, 5.41) is 5.27. The summed E-state index contributed by atoms with van der Waals surface area (Å²) in [6.07, 6.45) is 1.62. The van der Waals surface area contributed by atoms with Gasteiger partial charge in [-0.05, 0) is 58.2 Å². The van der Waals surface area contributed by atoms with Gasteiger partial charge >= 0.3 is 6.09 Å². The first-order chi connectivity index (χ1) is 27.9. The highest BCUT2D eigenvalue weighted by atomic mass is 32.2. The van der Waals surface area contributed by atoms with Crippen molar-refractivity contribution in [2.24, 2.45) is 5.92 Å². The molecule has 3 N–H and O–H groups in total. The number of aromatic nitrogens is 1. The fourth-order valence-corrected chi connectivity index (χ4v) is 8.45. The first kappa shape index (κ1) is 42.6. The molecule has 0 radical (unpaired) electrons. The van der Waals surface area contributed by atoms with E-state index in [1.54, 1.807) is 52.1 Å². The minimum atomic E-state index is -3.96. The fraction of sp³-hybridized carbons (Fsp3) is 0.429. The molecule has 2 aliphatic carbocycles. The zero-order chi connectivity index (χ0) is 42.9. The topological polar surface area (TPSA) is 203 Å². The van der Waals surface area contributed by atoms with Crippen molar-refractivity contribution >= 4 is 50.6 Å². The molecule has 2 heterocycles. The van der Waals surface area contributed by atoms with Crippen LogP contribution in [0.2, 0.25) is 0 Å². The van der Waals surface area contributed by atoms with Crippen molar-refractivity contribution in [3.05, 3.63) is 79.9 Å². The zero-order valence-corrected chi connectivity index (χ0v) is 34.5. The third-order valence-corrected chi connectivity index (χ3v) is 12.3. The molecule has 2 aromatic carbocycles. The highest BCUT2D eigenvalue weighted by Crippen LogP contribution is 2.45. The number of pyridine rings is 1. The Balaban J connectivity index is 1.36. The lowest BCUT2D eigenvalue weighted by molar-refractivity contribution is -0.141. The number of hydrogen-bond acceptors (Lipinski definition) is 11. The number of benzene rings is 2. The molecule has 6 rings (SSSR count). The molecule has 1 aromatic heterocycles. The van der Waals surface area contributed by atoms with E-state index in [9.17, 15) is 32.4 Å². The molecule has 3 aliphatic rings. The number of alkyl carbamates (subject to hydrolysis) is 1. The maximum absolute atomic E-state index is 14.7. The predicted octanol–water partition coefficient (Wildman–Crippen LogP) is 3.47. The molecule has 1 aliphatic heterocycles. The van der Waals surface area contributed by atoms with Gasteiger partial charge in [-0.1, -0.05) is 43.0 Å². The first-order valence-corrected chi connectivity index (χ1v) is 20.8. The molecular weight excluding hydrogens is 781 g/mol. The number of sulfonamides is 1. The van der Waals surface area contributed by atoms with Gasteiger partial charge in [-0.3, -0.25) is 23.9 Å². The molecule has 3 fully saturated rings. The van der Waals surface area contributed by atoms with Crippen LogP contribution in [-0.4, -0.2) is 115 Å². The van der Waals surface area contributed by atoms with Gasteiger partial charge < -0.3 is 34.6 Å².